The van der Waals surface area contributed by atoms with Crippen molar-refractivity contribution in [2.24, 2.45) is 0 Å². The van der Waals surface area contributed by atoms with Crippen LogP contribution in [0.15, 0.2) is 18.2 Å². The van der Waals surface area contributed by atoms with Crippen molar-refractivity contribution in [3.8, 4) is 0 Å². The van der Waals surface area contributed by atoms with Crippen molar-refractivity contribution in [1.29, 1.82) is 0 Å². The molecule has 0 aromatic heterocycles. The van der Waals surface area contributed by atoms with Gasteiger partial charge in [0.15, 0.2) is 0 Å². The van der Waals surface area contributed by atoms with Gasteiger partial charge in [-0.2, -0.15) is 0 Å². The number of carboxylic acids is 1. The molecule has 5 heteroatoms. The van der Waals surface area contributed by atoms with E-state index in [0.29, 0.717) is 15.6 Å². The van der Waals surface area contributed by atoms with E-state index in [0.717, 1.165) is 0 Å². The van der Waals surface area contributed by atoms with Gasteiger partial charge in [-0.1, -0.05) is 29.3 Å². The summed E-state index contributed by atoms with van der Waals surface area (Å²) in [6.07, 6.45) is 0. The fourth-order valence-corrected chi connectivity index (χ4v) is 2.01. The van der Waals surface area contributed by atoms with Crippen molar-refractivity contribution >= 4 is 29.2 Å². The lowest BCUT2D eigenvalue weighted by Gasteiger charge is -2.19. The first kappa shape index (κ1) is 13.3. The molecule has 1 aromatic carbocycles. The highest BCUT2D eigenvalue weighted by Gasteiger charge is 2.25. The second-order valence-corrected chi connectivity index (χ2v) is 4.54. The summed E-state index contributed by atoms with van der Waals surface area (Å²) in [6.45, 7) is 3.72. The van der Waals surface area contributed by atoms with Crippen LogP contribution < -0.4 is 5.32 Å². The Balaban J connectivity index is 3.15. The second kappa shape index (κ2) is 5.53. The highest BCUT2D eigenvalue weighted by atomic mass is 35.5. The summed E-state index contributed by atoms with van der Waals surface area (Å²) in [6, 6.07) is 4.07. The standard InChI is InChI=1S/C11H13Cl2NO2/c1-6(2)14-10(11(15)16)9-7(12)4-3-5-8(9)13/h3-6,10,14H,1-2H3,(H,15,16). The van der Waals surface area contributed by atoms with E-state index >= 15 is 0 Å². The molecule has 0 aliphatic carbocycles. The Bertz CT molecular complexity index is 373. The Labute approximate surface area is 104 Å². The van der Waals surface area contributed by atoms with Gasteiger partial charge < -0.3 is 5.11 Å². The molecule has 0 spiro atoms. The van der Waals surface area contributed by atoms with Crippen molar-refractivity contribution < 1.29 is 9.90 Å². The summed E-state index contributed by atoms with van der Waals surface area (Å²) >= 11 is 11.9. The molecule has 1 aromatic rings. The van der Waals surface area contributed by atoms with Crippen LogP contribution in [0.3, 0.4) is 0 Å². The lowest BCUT2D eigenvalue weighted by atomic mass is 10.1. The van der Waals surface area contributed by atoms with Crippen molar-refractivity contribution in [2.75, 3.05) is 0 Å². The second-order valence-electron chi connectivity index (χ2n) is 3.73. The monoisotopic (exact) mass is 261 g/mol. The number of halogens is 2. The summed E-state index contributed by atoms with van der Waals surface area (Å²) in [5.74, 6) is -0.997. The average Bonchev–Trinajstić information content (AvgIpc) is 2.15. The molecule has 0 saturated carbocycles. The molecule has 0 bridgehead atoms. The molecule has 0 amide bonds. The highest BCUT2D eigenvalue weighted by Crippen LogP contribution is 2.30. The third-order valence-electron chi connectivity index (χ3n) is 2.04. The van der Waals surface area contributed by atoms with E-state index in [1.807, 2.05) is 13.8 Å². The lowest BCUT2D eigenvalue weighted by molar-refractivity contribution is -0.139. The first-order valence-corrected chi connectivity index (χ1v) is 5.62. The van der Waals surface area contributed by atoms with Gasteiger partial charge in [-0.25, -0.2) is 0 Å². The first-order chi connectivity index (χ1) is 7.43. The number of hydrogen-bond acceptors (Lipinski definition) is 2. The Kier molecular flexibility index (Phi) is 4.59. The van der Waals surface area contributed by atoms with Crippen LogP contribution >= 0.6 is 23.2 Å². The number of benzene rings is 1. The lowest BCUT2D eigenvalue weighted by Crippen LogP contribution is -2.34. The van der Waals surface area contributed by atoms with Gasteiger partial charge in [0, 0.05) is 21.7 Å². The molecule has 1 unspecified atom stereocenters. The number of carbonyl (C=O) groups is 1. The van der Waals surface area contributed by atoms with Gasteiger partial charge in [-0.3, -0.25) is 10.1 Å². The van der Waals surface area contributed by atoms with E-state index in [9.17, 15) is 4.79 Å². The minimum Gasteiger partial charge on any atom is -0.480 e. The zero-order valence-corrected chi connectivity index (χ0v) is 10.5. The Morgan fingerprint density at radius 1 is 1.31 bits per heavy atom. The van der Waals surface area contributed by atoms with Crippen molar-refractivity contribution in [3.63, 3.8) is 0 Å². The predicted octanol–water partition coefficient (Wildman–Crippen LogP) is 3.12. The average molecular weight is 262 g/mol. The molecule has 0 aliphatic rings. The van der Waals surface area contributed by atoms with Crippen LogP contribution in [0.25, 0.3) is 0 Å². The van der Waals surface area contributed by atoms with E-state index in [4.69, 9.17) is 28.3 Å². The van der Waals surface area contributed by atoms with Gasteiger partial charge in [0.25, 0.3) is 0 Å². The molecule has 3 nitrogen and oxygen atoms in total. The summed E-state index contributed by atoms with van der Waals surface area (Å²) in [5.41, 5.74) is 0.409. The topological polar surface area (TPSA) is 49.3 Å². The number of aliphatic carboxylic acids is 1. The van der Waals surface area contributed by atoms with Gasteiger partial charge in [0.2, 0.25) is 0 Å². The summed E-state index contributed by atoms with van der Waals surface area (Å²) in [4.78, 5) is 11.2. The third kappa shape index (κ3) is 3.11. The van der Waals surface area contributed by atoms with Crippen LogP contribution in [0.4, 0.5) is 0 Å². The maximum atomic E-state index is 11.2. The first-order valence-electron chi connectivity index (χ1n) is 4.86. The molecular weight excluding hydrogens is 249 g/mol. The quantitative estimate of drug-likeness (QED) is 0.876. The number of rotatable bonds is 4. The van der Waals surface area contributed by atoms with Crippen LogP contribution in [0.2, 0.25) is 10.0 Å². The number of hydrogen-bond donors (Lipinski definition) is 2. The van der Waals surface area contributed by atoms with Crippen molar-refractivity contribution in [1.82, 2.24) is 5.32 Å². The molecule has 1 atom stereocenters. The molecule has 2 N–H and O–H groups in total. The largest absolute Gasteiger partial charge is 0.480 e. The molecule has 0 saturated heterocycles. The molecule has 1 rings (SSSR count). The van der Waals surface area contributed by atoms with E-state index in [2.05, 4.69) is 5.32 Å². The van der Waals surface area contributed by atoms with Crippen LogP contribution in [-0.4, -0.2) is 17.1 Å². The van der Waals surface area contributed by atoms with Crippen LogP contribution in [0, 0.1) is 0 Å². The number of carboxylic acid groups (broad SMARTS) is 1. The summed E-state index contributed by atoms with van der Waals surface area (Å²) in [5, 5.41) is 12.8. The van der Waals surface area contributed by atoms with E-state index in [-0.39, 0.29) is 6.04 Å². The van der Waals surface area contributed by atoms with E-state index in [1.54, 1.807) is 18.2 Å². The van der Waals surface area contributed by atoms with Gasteiger partial charge in [0.05, 0.1) is 0 Å². The Morgan fingerprint density at radius 2 is 1.81 bits per heavy atom. The van der Waals surface area contributed by atoms with Gasteiger partial charge in [0.1, 0.15) is 6.04 Å². The molecule has 0 fully saturated rings. The normalized spacial score (nSPS) is 12.8. The third-order valence-corrected chi connectivity index (χ3v) is 2.69. The van der Waals surface area contributed by atoms with E-state index < -0.39 is 12.0 Å². The molecule has 0 aliphatic heterocycles. The Morgan fingerprint density at radius 3 is 2.19 bits per heavy atom. The van der Waals surface area contributed by atoms with Gasteiger partial charge in [-0.15, -0.1) is 0 Å². The SMILES string of the molecule is CC(C)NC(C(=O)O)c1c(Cl)cccc1Cl. The highest BCUT2D eigenvalue weighted by molar-refractivity contribution is 6.36. The molecule has 16 heavy (non-hydrogen) atoms. The summed E-state index contributed by atoms with van der Waals surface area (Å²) < 4.78 is 0. The van der Waals surface area contributed by atoms with Crippen molar-refractivity contribution in [3.05, 3.63) is 33.8 Å². The molecule has 88 valence electrons. The van der Waals surface area contributed by atoms with Crippen molar-refractivity contribution in [2.45, 2.75) is 25.9 Å². The zero-order valence-electron chi connectivity index (χ0n) is 9.00. The maximum Gasteiger partial charge on any atom is 0.325 e. The molecule has 0 heterocycles. The predicted molar refractivity (Wildman–Crippen MR) is 65.1 cm³/mol. The zero-order chi connectivity index (χ0) is 12.3. The minimum absolute atomic E-state index is 0.0217. The van der Waals surface area contributed by atoms with Gasteiger partial charge in [-0.05, 0) is 26.0 Å². The number of nitrogens with one attached hydrogen (secondary N) is 1. The van der Waals surface area contributed by atoms with Crippen LogP contribution in [0.5, 0.6) is 0 Å². The molecule has 0 radical (unpaired) electrons. The maximum absolute atomic E-state index is 11.2. The Hall–Kier alpha value is -0.770. The smallest absolute Gasteiger partial charge is 0.325 e. The summed E-state index contributed by atoms with van der Waals surface area (Å²) in [7, 11) is 0. The van der Waals surface area contributed by atoms with Gasteiger partial charge >= 0.3 is 5.97 Å². The van der Waals surface area contributed by atoms with Crippen LogP contribution in [-0.2, 0) is 4.79 Å². The minimum atomic E-state index is -0.997. The molecular formula is C11H13Cl2NO2. The fraction of sp³-hybridized carbons (Fsp3) is 0.364. The fourth-order valence-electron chi connectivity index (χ4n) is 1.40. The van der Waals surface area contributed by atoms with Crippen LogP contribution in [0.1, 0.15) is 25.5 Å². The van der Waals surface area contributed by atoms with E-state index in [1.165, 1.54) is 0 Å².